The lowest BCUT2D eigenvalue weighted by Crippen LogP contribution is -2.39. The molecule has 0 radical (unpaired) electrons. The summed E-state index contributed by atoms with van der Waals surface area (Å²) in [5.74, 6) is 0.415. The SMILES string of the molecule is COCCO[C@H]1CC[C@H](NC(=O)c2nc(-c3cncs3)nc3ccsc23)CC1. The number of rotatable bonds is 7. The Bertz CT molecular complexity index is 921. The number of fused-ring (bicyclic) bond motifs is 1. The van der Waals surface area contributed by atoms with Crippen LogP contribution in [0.1, 0.15) is 36.2 Å². The number of hydrogen-bond donors (Lipinski definition) is 1. The first-order valence-electron chi connectivity index (χ1n) is 9.30. The minimum Gasteiger partial charge on any atom is -0.382 e. The maximum absolute atomic E-state index is 13.0. The molecule has 28 heavy (non-hydrogen) atoms. The molecule has 0 bridgehead atoms. The molecule has 3 aromatic rings. The van der Waals surface area contributed by atoms with E-state index in [9.17, 15) is 4.79 Å². The van der Waals surface area contributed by atoms with Crippen molar-refractivity contribution < 1.29 is 14.3 Å². The Labute approximate surface area is 171 Å². The van der Waals surface area contributed by atoms with Gasteiger partial charge in [-0.2, -0.15) is 0 Å². The van der Waals surface area contributed by atoms with Crippen LogP contribution in [0.5, 0.6) is 0 Å². The van der Waals surface area contributed by atoms with Crippen LogP contribution in [0, 0.1) is 0 Å². The second-order valence-electron chi connectivity index (χ2n) is 6.71. The predicted octanol–water partition coefficient (Wildman–Crippen LogP) is 3.52. The smallest absolute Gasteiger partial charge is 0.271 e. The van der Waals surface area contributed by atoms with Gasteiger partial charge >= 0.3 is 0 Å². The molecule has 3 aromatic heterocycles. The average Bonchev–Trinajstić information content (AvgIpc) is 3.40. The second-order valence-corrected chi connectivity index (χ2v) is 8.51. The standard InChI is InChI=1S/C19H22N4O3S2/c1-25-7-8-26-13-4-2-12(3-5-13)21-19(24)16-17-14(6-9-27-17)22-18(23-16)15-10-20-11-28-15/h6,9-13H,2-5,7-8H2,1H3,(H,21,24)/t12-,13-. The second kappa shape index (κ2) is 9.04. The highest BCUT2D eigenvalue weighted by Gasteiger charge is 2.25. The van der Waals surface area contributed by atoms with Gasteiger partial charge in [0.25, 0.3) is 5.91 Å². The molecule has 1 N–H and O–H groups in total. The molecule has 9 heteroatoms. The van der Waals surface area contributed by atoms with Crippen molar-refractivity contribution in [2.45, 2.75) is 37.8 Å². The zero-order valence-electron chi connectivity index (χ0n) is 15.6. The van der Waals surface area contributed by atoms with Crippen molar-refractivity contribution in [3.05, 3.63) is 28.8 Å². The molecule has 0 saturated heterocycles. The quantitative estimate of drug-likeness (QED) is 0.591. The Hall–Kier alpha value is -1.94. The molecule has 1 aliphatic carbocycles. The molecule has 0 atom stereocenters. The molecule has 0 aromatic carbocycles. The summed E-state index contributed by atoms with van der Waals surface area (Å²) in [4.78, 5) is 27.1. The Morgan fingerprint density at radius 1 is 1.21 bits per heavy atom. The van der Waals surface area contributed by atoms with Gasteiger partial charge in [-0.3, -0.25) is 9.78 Å². The molecule has 0 spiro atoms. The number of carbonyl (C=O) groups excluding carboxylic acids is 1. The Kier molecular flexibility index (Phi) is 6.26. The third kappa shape index (κ3) is 4.38. The van der Waals surface area contributed by atoms with E-state index in [-0.39, 0.29) is 18.1 Å². The topological polar surface area (TPSA) is 86.2 Å². The van der Waals surface area contributed by atoms with Gasteiger partial charge in [0.1, 0.15) is 5.69 Å². The van der Waals surface area contributed by atoms with Crippen LogP contribution < -0.4 is 5.32 Å². The van der Waals surface area contributed by atoms with Crippen LogP contribution >= 0.6 is 22.7 Å². The van der Waals surface area contributed by atoms with E-state index in [0.717, 1.165) is 40.8 Å². The average molecular weight is 419 g/mol. The van der Waals surface area contributed by atoms with E-state index in [1.54, 1.807) is 18.8 Å². The Morgan fingerprint density at radius 3 is 2.82 bits per heavy atom. The highest BCUT2D eigenvalue weighted by Crippen LogP contribution is 2.28. The van der Waals surface area contributed by atoms with E-state index < -0.39 is 0 Å². The van der Waals surface area contributed by atoms with Crippen LogP contribution in [0.2, 0.25) is 0 Å². The Morgan fingerprint density at radius 2 is 2.07 bits per heavy atom. The molecule has 4 rings (SSSR count). The van der Waals surface area contributed by atoms with Gasteiger partial charge in [0.15, 0.2) is 5.82 Å². The van der Waals surface area contributed by atoms with Gasteiger partial charge in [-0.15, -0.1) is 22.7 Å². The van der Waals surface area contributed by atoms with Gasteiger partial charge < -0.3 is 14.8 Å². The fourth-order valence-electron chi connectivity index (χ4n) is 3.38. The molecule has 148 valence electrons. The lowest BCUT2D eigenvalue weighted by molar-refractivity contribution is -0.00408. The molecule has 1 amide bonds. The summed E-state index contributed by atoms with van der Waals surface area (Å²) in [6, 6.07) is 2.07. The van der Waals surface area contributed by atoms with E-state index in [0.29, 0.717) is 24.7 Å². The lowest BCUT2D eigenvalue weighted by atomic mass is 9.93. The molecule has 0 aliphatic heterocycles. The molecule has 1 fully saturated rings. The normalized spacial score (nSPS) is 19.8. The first-order valence-corrected chi connectivity index (χ1v) is 11.1. The highest BCUT2D eigenvalue weighted by molar-refractivity contribution is 7.17. The number of thiazole rings is 1. The lowest BCUT2D eigenvalue weighted by Gasteiger charge is -2.29. The third-order valence-corrected chi connectivity index (χ3v) is 6.50. The summed E-state index contributed by atoms with van der Waals surface area (Å²) in [5.41, 5.74) is 2.98. The molecule has 0 unspecified atom stereocenters. The molecule has 1 aliphatic rings. The van der Waals surface area contributed by atoms with E-state index in [2.05, 4.69) is 20.3 Å². The number of hydrogen-bond acceptors (Lipinski definition) is 8. The number of ether oxygens (including phenoxy) is 2. The van der Waals surface area contributed by atoms with Gasteiger partial charge in [0.05, 0.1) is 39.9 Å². The first-order chi connectivity index (χ1) is 13.7. The summed E-state index contributed by atoms with van der Waals surface area (Å²) in [5, 5.41) is 5.10. The van der Waals surface area contributed by atoms with Crippen LogP contribution in [0.3, 0.4) is 0 Å². The van der Waals surface area contributed by atoms with Crippen molar-refractivity contribution in [2.75, 3.05) is 20.3 Å². The zero-order valence-corrected chi connectivity index (χ0v) is 17.2. The number of amides is 1. The van der Waals surface area contributed by atoms with Crippen molar-refractivity contribution in [3.8, 4) is 10.7 Å². The fourth-order valence-corrected chi connectivity index (χ4v) is 4.75. The number of methoxy groups -OCH3 is 1. The maximum Gasteiger partial charge on any atom is 0.271 e. The molecule has 7 nitrogen and oxygen atoms in total. The van der Waals surface area contributed by atoms with Crippen LogP contribution in [-0.4, -0.2) is 53.3 Å². The van der Waals surface area contributed by atoms with E-state index in [1.807, 2.05) is 11.4 Å². The number of aromatic nitrogens is 3. The van der Waals surface area contributed by atoms with Crippen molar-refractivity contribution >= 4 is 38.8 Å². The summed E-state index contributed by atoms with van der Waals surface area (Å²) in [6.07, 6.45) is 5.68. The molecule has 3 heterocycles. The van der Waals surface area contributed by atoms with Gasteiger partial charge in [0.2, 0.25) is 0 Å². The van der Waals surface area contributed by atoms with Crippen LogP contribution in [0.4, 0.5) is 0 Å². The van der Waals surface area contributed by atoms with Gasteiger partial charge in [-0.05, 0) is 37.1 Å². The van der Waals surface area contributed by atoms with Gasteiger partial charge in [-0.25, -0.2) is 9.97 Å². The van der Waals surface area contributed by atoms with Crippen molar-refractivity contribution in [2.24, 2.45) is 0 Å². The molecular formula is C19H22N4O3S2. The number of carbonyl (C=O) groups is 1. The predicted molar refractivity (Wildman–Crippen MR) is 110 cm³/mol. The number of thiophene rings is 1. The third-order valence-electron chi connectivity index (χ3n) is 4.82. The summed E-state index contributed by atoms with van der Waals surface area (Å²) in [6.45, 7) is 1.24. The number of nitrogens with zero attached hydrogens (tertiary/aromatic N) is 3. The highest BCUT2D eigenvalue weighted by atomic mass is 32.1. The Balaban J connectivity index is 1.44. The van der Waals surface area contributed by atoms with Crippen molar-refractivity contribution in [1.29, 1.82) is 0 Å². The zero-order chi connectivity index (χ0) is 19.3. The molecular weight excluding hydrogens is 396 g/mol. The molecule has 1 saturated carbocycles. The van der Waals surface area contributed by atoms with Gasteiger partial charge in [-0.1, -0.05) is 0 Å². The first kappa shape index (κ1) is 19.4. The minimum atomic E-state index is -0.135. The fraction of sp³-hybridized carbons (Fsp3) is 0.474. The van der Waals surface area contributed by atoms with Crippen molar-refractivity contribution in [3.63, 3.8) is 0 Å². The van der Waals surface area contributed by atoms with Crippen molar-refractivity contribution in [1.82, 2.24) is 20.3 Å². The van der Waals surface area contributed by atoms with Crippen LogP contribution in [0.15, 0.2) is 23.2 Å². The largest absolute Gasteiger partial charge is 0.382 e. The van der Waals surface area contributed by atoms with Crippen LogP contribution in [-0.2, 0) is 9.47 Å². The summed E-state index contributed by atoms with van der Waals surface area (Å²) >= 11 is 2.96. The minimum absolute atomic E-state index is 0.135. The van der Waals surface area contributed by atoms with Crippen LogP contribution in [0.25, 0.3) is 20.9 Å². The summed E-state index contributed by atoms with van der Waals surface area (Å²) < 4.78 is 11.7. The summed E-state index contributed by atoms with van der Waals surface area (Å²) in [7, 11) is 1.67. The monoisotopic (exact) mass is 418 g/mol. The van der Waals surface area contributed by atoms with E-state index >= 15 is 0 Å². The van der Waals surface area contributed by atoms with E-state index in [1.165, 1.54) is 22.7 Å². The number of nitrogens with one attached hydrogen (secondary N) is 1. The maximum atomic E-state index is 13.0. The van der Waals surface area contributed by atoms with Gasteiger partial charge in [0, 0.05) is 19.3 Å². The van der Waals surface area contributed by atoms with E-state index in [4.69, 9.17) is 9.47 Å².